The van der Waals surface area contributed by atoms with E-state index in [-0.39, 0.29) is 23.8 Å². The molecule has 0 atom stereocenters. The SMILES string of the molecule is Nc1nc2c(c(=O)n1C(c1ccccc1)c1ccccc1)CCN(C(=O)Oc1ccc(O)cc1)C2. The van der Waals surface area contributed by atoms with Gasteiger partial charge in [-0.25, -0.2) is 9.78 Å². The zero-order chi connectivity index (χ0) is 24.4. The van der Waals surface area contributed by atoms with Crippen LogP contribution < -0.4 is 16.0 Å². The van der Waals surface area contributed by atoms with Crippen molar-refractivity contribution < 1.29 is 14.6 Å². The van der Waals surface area contributed by atoms with Crippen LogP contribution in [0.15, 0.2) is 89.7 Å². The lowest BCUT2D eigenvalue weighted by Crippen LogP contribution is -2.43. The van der Waals surface area contributed by atoms with Gasteiger partial charge in [0.25, 0.3) is 5.56 Å². The van der Waals surface area contributed by atoms with E-state index in [2.05, 4.69) is 4.98 Å². The number of carbonyl (C=O) groups excluding carboxylic acids is 1. The molecule has 3 aromatic carbocycles. The minimum atomic E-state index is -0.558. The first kappa shape index (κ1) is 22.2. The van der Waals surface area contributed by atoms with Crippen molar-refractivity contribution in [1.82, 2.24) is 14.5 Å². The number of benzene rings is 3. The molecule has 0 unspecified atom stereocenters. The summed E-state index contributed by atoms with van der Waals surface area (Å²) in [6.07, 6.45) is -0.222. The number of phenolic OH excluding ortho intramolecular Hbond substituents is 1. The van der Waals surface area contributed by atoms with Gasteiger partial charge in [0.2, 0.25) is 5.95 Å². The molecule has 4 aromatic rings. The number of phenols is 1. The number of nitrogens with zero attached hydrogens (tertiary/aromatic N) is 3. The largest absolute Gasteiger partial charge is 0.508 e. The molecule has 0 aliphatic carbocycles. The third-order valence-electron chi connectivity index (χ3n) is 6.08. The highest BCUT2D eigenvalue weighted by Crippen LogP contribution is 2.28. The van der Waals surface area contributed by atoms with E-state index in [1.807, 2.05) is 60.7 Å². The van der Waals surface area contributed by atoms with Crippen LogP contribution in [0.5, 0.6) is 11.5 Å². The first-order valence-corrected chi connectivity index (χ1v) is 11.3. The predicted molar refractivity (Wildman–Crippen MR) is 131 cm³/mol. The van der Waals surface area contributed by atoms with E-state index in [0.29, 0.717) is 30.0 Å². The number of carbonyl (C=O) groups is 1. The molecule has 1 aliphatic heterocycles. The number of fused-ring (bicyclic) bond motifs is 1. The number of ether oxygens (including phenoxy) is 1. The molecule has 0 saturated heterocycles. The second-order valence-corrected chi connectivity index (χ2v) is 8.33. The van der Waals surface area contributed by atoms with E-state index in [9.17, 15) is 14.7 Å². The topological polar surface area (TPSA) is 111 Å². The maximum absolute atomic E-state index is 13.7. The van der Waals surface area contributed by atoms with Crippen LogP contribution in [0, 0.1) is 0 Å². The Morgan fingerprint density at radius 1 is 0.943 bits per heavy atom. The van der Waals surface area contributed by atoms with Gasteiger partial charge in [-0.2, -0.15) is 0 Å². The first-order chi connectivity index (χ1) is 17.0. The number of aromatic hydroxyl groups is 1. The summed E-state index contributed by atoms with van der Waals surface area (Å²) in [7, 11) is 0. The lowest BCUT2D eigenvalue weighted by molar-refractivity contribution is 0.145. The second-order valence-electron chi connectivity index (χ2n) is 8.33. The zero-order valence-corrected chi connectivity index (χ0v) is 18.9. The molecule has 0 fully saturated rings. The molecule has 0 spiro atoms. The normalized spacial score (nSPS) is 12.9. The number of anilines is 1. The van der Waals surface area contributed by atoms with Gasteiger partial charge in [0.05, 0.1) is 18.3 Å². The van der Waals surface area contributed by atoms with Crippen molar-refractivity contribution in [3.63, 3.8) is 0 Å². The van der Waals surface area contributed by atoms with Gasteiger partial charge in [-0.1, -0.05) is 60.7 Å². The van der Waals surface area contributed by atoms with Crippen LogP contribution >= 0.6 is 0 Å². The molecule has 1 aliphatic rings. The minimum Gasteiger partial charge on any atom is -0.508 e. The Labute approximate surface area is 201 Å². The Balaban J connectivity index is 1.48. The van der Waals surface area contributed by atoms with Crippen molar-refractivity contribution in [2.45, 2.75) is 19.0 Å². The Hall–Kier alpha value is -4.59. The number of hydrogen-bond donors (Lipinski definition) is 2. The Morgan fingerprint density at radius 2 is 1.54 bits per heavy atom. The third kappa shape index (κ3) is 4.46. The summed E-state index contributed by atoms with van der Waals surface area (Å²) in [5.74, 6) is 0.479. The van der Waals surface area contributed by atoms with Crippen molar-refractivity contribution >= 4 is 12.0 Å². The number of nitrogens with two attached hydrogens (primary N) is 1. The summed E-state index contributed by atoms with van der Waals surface area (Å²) < 4.78 is 6.93. The van der Waals surface area contributed by atoms with Crippen molar-refractivity contribution in [2.75, 3.05) is 12.3 Å². The van der Waals surface area contributed by atoms with Gasteiger partial charge in [0.15, 0.2) is 0 Å². The van der Waals surface area contributed by atoms with Gasteiger partial charge in [0.1, 0.15) is 11.5 Å². The molecule has 176 valence electrons. The smallest absolute Gasteiger partial charge is 0.415 e. The van der Waals surface area contributed by atoms with E-state index in [1.54, 1.807) is 0 Å². The van der Waals surface area contributed by atoms with E-state index in [4.69, 9.17) is 10.5 Å². The minimum absolute atomic E-state index is 0.0805. The predicted octanol–water partition coefficient (Wildman–Crippen LogP) is 3.73. The second kappa shape index (κ2) is 9.34. The van der Waals surface area contributed by atoms with Crippen molar-refractivity contribution in [3.05, 3.63) is 118 Å². The van der Waals surface area contributed by atoms with Crippen LogP contribution in [0.1, 0.15) is 28.4 Å². The molecule has 0 radical (unpaired) electrons. The molecule has 2 heterocycles. The summed E-state index contributed by atoms with van der Waals surface area (Å²) in [6.45, 7) is 0.431. The van der Waals surface area contributed by atoms with E-state index in [0.717, 1.165) is 11.1 Å². The fraction of sp³-hybridized carbons (Fsp3) is 0.148. The number of nitrogen functional groups attached to an aromatic ring is 1. The van der Waals surface area contributed by atoms with Gasteiger partial charge < -0.3 is 20.5 Å². The number of aromatic nitrogens is 2. The third-order valence-corrected chi connectivity index (χ3v) is 6.08. The van der Waals surface area contributed by atoms with E-state index in [1.165, 1.54) is 33.7 Å². The van der Waals surface area contributed by atoms with E-state index < -0.39 is 12.1 Å². The Bertz CT molecular complexity index is 1360. The molecule has 0 bridgehead atoms. The molecule has 1 aromatic heterocycles. The molecule has 0 saturated carbocycles. The number of hydrogen-bond acceptors (Lipinski definition) is 6. The summed E-state index contributed by atoms with van der Waals surface area (Å²) in [4.78, 5) is 32.4. The fourth-order valence-electron chi connectivity index (χ4n) is 4.37. The average molecular weight is 469 g/mol. The molecule has 5 rings (SSSR count). The van der Waals surface area contributed by atoms with Gasteiger partial charge >= 0.3 is 6.09 Å². The monoisotopic (exact) mass is 468 g/mol. The maximum atomic E-state index is 13.7. The molecule has 8 heteroatoms. The van der Waals surface area contributed by atoms with Crippen LogP contribution in [0.2, 0.25) is 0 Å². The van der Waals surface area contributed by atoms with Crippen LogP contribution in [0.25, 0.3) is 0 Å². The molecule has 1 amide bonds. The Morgan fingerprint density at radius 3 is 2.14 bits per heavy atom. The van der Waals surface area contributed by atoms with Gasteiger partial charge in [0, 0.05) is 12.1 Å². The Kier molecular flexibility index (Phi) is 5.93. The maximum Gasteiger partial charge on any atom is 0.415 e. The molecule has 8 nitrogen and oxygen atoms in total. The summed E-state index contributed by atoms with van der Waals surface area (Å²) in [5, 5.41) is 9.41. The van der Waals surface area contributed by atoms with Crippen LogP contribution in [0.3, 0.4) is 0 Å². The fourth-order valence-corrected chi connectivity index (χ4v) is 4.37. The van der Waals surface area contributed by atoms with Gasteiger partial charge in [-0.15, -0.1) is 0 Å². The molecule has 35 heavy (non-hydrogen) atoms. The van der Waals surface area contributed by atoms with Gasteiger partial charge in [-0.05, 0) is 41.8 Å². The van der Waals surface area contributed by atoms with Gasteiger partial charge in [-0.3, -0.25) is 9.36 Å². The standard InChI is InChI=1S/C27H24N4O4/c28-26-29-23-17-30(27(34)35-21-13-11-20(32)12-14-21)16-15-22(23)25(33)31(26)24(18-7-3-1-4-8-18)19-9-5-2-6-10-19/h1-14,24,32H,15-17H2,(H2,28,29). The highest BCUT2D eigenvalue weighted by molar-refractivity contribution is 5.71. The lowest BCUT2D eigenvalue weighted by Gasteiger charge is -2.29. The molecular formula is C27H24N4O4. The quantitative estimate of drug-likeness (QED) is 0.472. The molecule has 3 N–H and O–H groups in total. The number of amides is 1. The summed E-state index contributed by atoms with van der Waals surface area (Å²) in [6, 6.07) is 24.9. The summed E-state index contributed by atoms with van der Waals surface area (Å²) >= 11 is 0. The van der Waals surface area contributed by atoms with Crippen LogP contribution in [-0.4, -0.2) is 32.2 Å². The number of rotatable bonds is 4. The first-order valence-electron chi connectivity index (χ1n) is 11.3. The molecular weight excluding hydrogens is 444 g/mol. The average Bonchev–Trinajstić information content (AvgIpc) is 2.88. The lowest BCUT2D eigenvalue weighted by atomic mass is 9.97. The summed E-state index contributed by atoms with van der Waals surface area (Å²) in [5.41, 5.74) is 9.02. The highest BCUT2D eigenvalue weighted by atomic mass is 16.6. The highest BCUT2D eigenvalue weighted by Gasteiger charge is 2.29. The van der Waals surface area contributed by atoms with Crippen molar-refractivity contribution in [1.29, 1.82) is 0 Å². The van der Waals surface area contributed by atoms with E-state index >= 15 is 0 Å². The van der Waals surface area contributed by atoms with Crippen molar-refractivity contribution in [3.8, 4) is 11.5 Å². The van der Waals surface area contributed by atoms with Crippen molar-refractivity contribution in [2.24, 2.45) is 0 Å². The van der Waals surface area contributed by atoms with Crippen LogP contribution in [-0.2, 0) is 13.0 Å². The van der Waals surface area contributed by atoms with Crippen LogP contribution in [0.4, 0.5) is 10.7 Å². The zero-order valence-electron chi connectivity index (χ0n) is 18.9.